The fraction of sp³-hybridized carbons (Fsp3) is 0.154. The van der Waals surface area contributed by atoms with Crippen LogP contribution < -0.4 is 11.2 Å². The standard InChI is InChI=1S/C13H12N2O4/c1-14-11(16)6-7-15(13(14)19)8-9-2-4-10(5-3-9)12(17)18/h2-7H,8H2,1H3,(H,17,18). The Hall–Kier alpha value is -2.63. The summed E-state index contributed by atoms with van der Waals surface area (Å²) >= 11 is 0. The molecule has 0 unspecified atom stereocenters. The Morgan fingerprint density at radius 2 is 1.79 bits per heavy atom. The minimum Gasteiger partial charge on any atom is -0.478 e. The molecule has 0 fully saturated rings. The third kappa shape index (κ3) is 2.62. The van der Waals surface area contributed by atoms with E-state index in [0.29, 0.717) is 0 Å². The molecule has 1 aromatic carbocycles. The van der Waals surface area contributed by atoms with Crippen molar-refractivity contribution in [2.45, 2.75) is 6.54 Å². The number of hydrogen-bond donors (Lipinski definition) is 1. The summed E-state index contributed by atoms with van der Waals surface area (Å²) in [6.45, 7) is 0.285. The average Bonchev–Trinajstić information content (AvgIpc) is 2.40. The SMILES string of the molecule is Cn1c(=O)ccn(Cc2ccc(C(=O)O)cc2)c1=O. The summed E-state index contributed by atoms with van der Waals surface area (Å²) in [5.41, 5.74) is 0.208. The minimum absolute atomic E-state index is 0.191. The van der Waals surface area contributed by atoms with Crippen molar-refractivity contribution in [1.29, 1.82) is 0 Å². The van der Waals surface area contributed by atoms with Gasteiger partial charge in [0.2, 0.25) is 0 Å². The maximum atomic E-state index is 11.8. The van der Waals surface area contributed by atoms with E-state index in [2.05, 4.69) is 0 Å². The largest absolute Gasteiger partial charge is 0.478 e. The molecule has 1 heterocycles. The molecule has 0 spiro atoms. The van der Waals surface area contributed by atoms with Crippen molar-refractivity contribution in [2.75, 3.05) is 0 Å². The van der Waals surface area contributed by atoms with Crippen LogP contribution >= 0.6 is 0 Å². The highest BCUT2D eigenvalue weighted by Crippen LogP contribution is 2.05. The predicted molar refractivity (Wildman–Crippen MR) is 68.4 cm³/mol. The van der Waals surface area contributed by atoms with Gasteiger partial charge in [0.15, 0.2) is 0 Å². The van der Waals surface area contributed by atoms with Crippen LogP contribution in [0.5, 0.6) is 0 Å². The van der Waals surface area contributed by atoms with E-state index in [9.17, 15) is 14.4 Å². The Labute approximate surface area is 108 Å². The second kappa shape index (κ2) is 4.93. The molecule has 2 aromatic rings. The lowest BCUT2D eigenvalue weighted by Crippen LogP contribution is -2.37. The van der Waals surface area contributed by atoms with Crippen LogP contribution in [0.1, 0.15) is 15.9 Å². The molecule has 1 N–H and O–H groups in total. The zero-order valence-corrected chi connectivity index (χ0v) is 10.2. The summed E-state index contributed by atoms with van der Waals surface area (Å²) in [6.07, 6.45) is 1.43. The minimum atomic E-state index is -0.995. The first-order chi connectivity index (χ1) is 8.99. The van der Waals surface area contributed by atoms with Crippen molar-refractivity contribution < 1.29 is 9.90 Å². The van der Waals surface area contributed by atoms with Gasteiger partial charge >= 0.3 is 11.7 Å². The van der Waals surface area contributed by atoms with Gasteiger partial charge in [-0.3, -0.25) is 13.9 Å². The van der Waals surface area contributed by atoms with Gasteiger partial charge in [0, 0.05) is 19.3 Å². The van der Waals surface area contributed by atoms with E-state index < -0.39 is 11.7 Å². The van der Waals surface area contributed by atoms with Crippen LogP contribution in [0.25, 0.3) is 0 Å². The van der Waals surface area contributed by atoms with Crippen LogP contribution in [0, 0.1) is 0 Å². The van der Waals surface area contributed by atoms with E-state index in [-0.39, 0.29) is 17.7 Å². The Morgan fingerprint density at radius 1 is 1.16 bits per heavy atom. The Kier molecular flexibility index (Phi) is 3.33. The number of rotatable bonds is 3. The molecule has 0 radical (unpaired) electrons. The Balaban J connectivity index is 2.32. The van der Waals surface area contributed by atoms with Crippen molar-refractivity contribution in [3.05, 3.63) is 68.5 Å². The monoisotopic (exact) mass is 260 g/mol. The third-order valence-corrected chi connectivity index (χ3v) is 2.81. The van der Waals surface area contributed by atoms with Crippen molar-refractivity contribution in [1.82, 2.24) is 9.13 Å². The first-order valence-electron chi connectivity index (χ1n) is 5.58. The zero-order chi connectivity index (χ0) is 14.0. The van der Waals surface area contributed by atoms with Crippen LogP contribution in [0.2, 0.25) is 0 Å². The number of carbonyl (C=O) groups is 1. The van der Waals surface area contributed by atoms with E-state index in [4.69, 9.17) is 5.11 Å². The van der Waals surface area contributed by atoms with Crippen LogP contribution in [0.3, 0.4) is 0 Å². The molecule has 0 atom stereocenters. The smallest absolute Gasteiger partial charge is 0.335 e. The van der Waals surface area contributed by atoms with Crippen molar-refractivity contribution in [3.63, 3.8) is 0 Å². The van der Waals surface area contributed by atoms with Crippen LogP contribution in [-0.4, -0.2) is 20.2 Å². The topological polar surface area (TPSA) is 81.3 Å². The lowest BCUT2D eigenvalue weighted by atomic mass is 10.1. The first kappa shape index (κ1) is 12.8. The number of nitrogens with zero attached hydrogens (tertiary/aromatic N) is 2. The first-order valence-corrected chi connectivity index (χ1v) is 5.58. The van der Waals surface area contributed by atoms with Crippen molar-refractivity contribution in [2.24, 2.45) is 7.05 Å². The molecule has 6 heteroatoms. The van der Waals surface area contributed by atoms with Gasteiger partial charge in [-0.1, -0.05) is 12.1 Å². The van der Waals surface area contributed by atoms with E-state index >= 15 is 0 Å². The predicted octanol–water partition coefficient (Wildman–Crippen LogP) is 0.294. The molecule has 0 amide bonds. The normalized spacial score (nSPS) is 10.4. The third-order valence-electron chi connectivity index (χ3n) is 2.81. The highest BCUT2D eigenvalue weighted by atomic mass is 16.4. The van der Waals surface area contributed by atoms with Gasteiger partial charge in [0.05, 0.1) is 12.1 Å². The molecular weight excluding hydrogens is 248 g/mol. The molecule has 0 aliphatic rings. The molecule has 0 aliphatic carbocycles. The number of hydrogen-bond acceptors (Lipinski definition) is 3. The fourth-order valence-corrected chi connectivity index (χ4v) is 1.69. The second-order valence-electron chi connectivity index (χ2n) is 4.13. The van der Waals surface area contributed by atoms with Gasteiger partial charge in [0.25, 0.3) is 5.56 Å². The highest BCUT2D eigenvalue weighted by molar-refractivity contribution is 5.87. The summed E-state index contributed by atoms with van der Waals surface area (Å²) < 4.78 is 2.41. The maximum Gasteiger partial charge on any atom is 0.335 e. The van der Waals surface area contributed by atoms with Crippen LogP contribution in [-0.2, 0) is 13.6 Å². The molecular formula is C13H12N2O4. The van der Waals surface area contributed by atoms with Gasteiger partial charge in [0.1, 0.15) is 0 Å². The molecule has 98 valence electrons. The van der Waals surface area contributed by atoms with Gasteiger partial charge in [-0.2, -0.15) is 0 Å². The van der Waals surface area contributed by atoms with Crippen LogP contribution in [0.4, 0.5) is 0 Å². The van der Waals surface area contributed by atoms with Crippen molar-refractivity contribution in [3.8, 4) is 0 Å². The van der Waals surface area contributed by atoms with Gasteiger partial charge < -0.3 is 5.11 Å². The zero-order valence-electron chi connectivity index (χ0n) is 10.2. The fourth-order valence-electron chi connectivity index (χ4n) is 1.69. The van der Waals surface area contributed by atoms with Gasteiger partial charge in [-0.15, -0.1) is 0 Å². The number of aromatic nitrogens is 2. The number of aromatic carboxylic acids is 1. The molecule has 1 aromatic heterocycles. The Bertz CT molecular complexity index is 726. The summed E-state index contributed by atoms with van der Waals surface area (Å²) in [6, 6.07) is 7.55. The summed E-state index contributed by atoms with van der Waals surface area (Å²) in [5, 5.41) is 8.78. The number of carboxylic acid groups (broad SMARTS) is 1. The second-order valence-corrected chi connectivity index (χ2v) is 4.13. The van der Waals surface area contributed by atoms with E-state index in [1.54, 1.807) is 12.1 Å². The lowest BCUT2D eigenvalue weighted by Gasteiger charge is -2.07. The number of carboxylic acids is 1. The molecule has 0 saturated carbocycles. The molecule has 0 saturated heterocycles. The summed E-state index contributed by atoms with van der Waals surface area (Å²) in [7, 11) is 1.41. The van der Waals surface area contributed by atoms with Crippen molar-refractivity contribution >= 4 is 5.97 Å². The molecule has 2 rings (SSSR count). The van der Waals surface area contributed by atoms with E-state index in [1.807, 2.05) is 0 Å². The summed E-state index contributed by atoms with van der Waals surface area (Å²) in [4.78, 5) is 33.8. The molecule has 6 nitrogen and oxygen atoms in total. The quantitative estimate of drug-likeness (QED) is 0.860. The van der Waals surface area contributed by atoms with E-state index in [1.165, 1.54) is 36.0 Å². The Morgan fingerprint density at radius 3 is 2.37 bits per heavy atom. The number of benzene rings is 1. The van der Waals surface area contributed by atoms with Crippen LogP contribution in [0.15, 0.2) is 46.1 Å². The summed E-state index contributed by atoms with van der Waals surface area (Å²) in [5.74, 6) is -0.995. The molecule has 0 aliphatic heterocycles. The average molecular weight is 260 g/mol. The molecule has 19 heavy (non-hydrogen) atoms. The maximum absolute atomic E-state index is 11.8. The van der Waals surface area contributed by atoms with Gasteiger partial charge in [-0.25, -0.2) is 9.59 Å². The van der Waals surface area contributed by atoms with Gasteiger partial charge in [-0.05, 0) is 17.7 Å². The highest BCUT2D eigenvalue weighted by Gasteiger charge is 2.04. The molecule has 0 bridgehead atoms. The lowest BCUT2D eigenvalue weighted by molar-refractivity contribution is 0.0697. The van der Waals surface area contributed by atoms with E-state index in [0.717, 1.165) is 10.1 Å².